The number of para-hydroxylation sites is 1. The van der Waals surface area contributed by atoms with Gasteiger partial charge in [0.25, 0.3) is 5.91 Å². The molecule has 2 unspecified atom stereocenters. The molecule has 9 heteroatoms. The minimum atomic E-state index is -1.09. The number of hydrogen-bond acceptors (Lipinski definition) is 7. The highest BCUT2D eigenvalue weighted by atomic mass is 19.1. The number of hydrogen-bond donors (Lipinski definition) is 2. The van der Waals surface area contributed by atoms with Crippen molar-refractivity contribution in [3.63, 3.8) is 0 Å². The van der Waals surface area contributed by atoms with Crippen molar-refractivity contribution in [2.24, 2.45) is 5.41 Å². The topological polar surface area (TPSA) is 96.8 Å². The number of phenolic OH excluding ortho intramolecular Hbond substituents is 1. The third kappa shape index (κ3) is 6.13. The van der Waals surface area contributed by atoms with Crippen LogP contribution in [0.1, 0.15) is 54.3 Å². The summed E-state index contributed by atoms with van der Waals surface area (Å²) in [6, 6.07) is 17.9. The van der Waals surface area contributed by atoms with E-state index in [9.17, 15) is 9.90 Å². The highest BCUT2D eigenvalue weighted by Gasteiger charge is 2.40. The zero-order chi connectivity index (χ0) is 31.3. The average molecular weight is 595 g/mol. The first kappa shape index (κ1) is 30.3. The van der Waals surface area contributed by atoms with Crippen LogP contribution in [-0.4, -0.2) is 28.1 Å². The Morgan fingerprint density at radius 1 is 1.16 bits per heavy atom. The molecule has 1 aliphatic heterocycles. The molecule has 1 aromatic heterocycles. The van der Waals surface area contributed by atoms with Crippen molar-refractivity contribution in [1.29, 1.82) is 0 Å². The number of nitrogens with zero attached hydrogens (tertiary/aromatic N) is 3. The predicted molar refractivity (Wildman–Crippen MR) is 168 cm³/mol. The van der Waals surface area contributed by atoms with Gasteiger partial charge in [-0.15, -0.1) is 6.58 Å². The van der Waals surface area contributed by atoms with Crippen LogP contribution in [0.25, 0.3) is 0 Å². The van der Waals surface area contributed by atoms with E-state index in [1.165, 1.54) is 42.7 Å². The Morgan fingerprint density at radius 2 is 1.95 bits per heavy atom. The maximum absolute atomic E-state index is 16.3. The fourth-order valence-corrected chi connectivity index (χ4v) is 5.20. The summed E-state index contributed by atoms with van der Waals surface area (Å²) in [7, 11) is 1.48. The van der Waals surface area contributed by atoms with Crippen LogP contribution in [0, 0.1) is 11.2 Å². The van der Waals surface area contributed by atoms with E-state index in [0.717, 1.165) is 12.0 Å². The van der Waals surface area contributed by atoms with Crippen molar-refractivity contribution in [3.8, 4) is 11.5 Å². The molecular weight excluding hydrogens is 559 g/mol. The van der Waals surface area contributed by atoms with Gasteiger partial charge in [-0.3, -0.25) is 14.7 Å². The summed E-state index contributed by atoms with van der Waals surface area (Å²) in [6.45, 7) is 8.40. The average Bonchev–Trinajstić information content (AvgIpc) is 3.19. The van der Waals surface area contributed by atoms with Gasteiger partial charge in [0.1, 0.15) is 47.1 Å². The number of rotatable bonds is 10. The van der Waals surface area contributed by atoms with E-state index in [0.29, 0.717) is 29.3 Å². The third-order valence-electron chi connectivity index (χ3n) is 7.98. The Labute approximate surface area is 256 Å². The molecule has 0 bridgehead atoms. The molecule has 3 aromatic carbocycles. The lowest BCUT2D eigenvalue weighted by molar-refractivity contribution is 0.0965. The van der Waals surface area contributed by atoms with Crippen LogP contribution in [0.5, 0.6) is 11.5 Å². The summed E-state index contributed by atoms with van der Waals surface area (Å²) < 4.78 is 28.2. The molecule has 4 aromatic rings. The molecule has 5 rings (SSSR count). The molecule has 2 atom stereocenters. The third-order valence-corrected chi connectivity index (χ3v) is 7.98. The monoisotopic (exact) mass is 594 g/mol. The van der Waals surface area contributed by atoms with Gasteiger partial charge in [0, 0.05) is 24.0 Å². The normalized spacial score (nSPS) is 15.8. The van der Waals surface area contributed by atoms with Gasteiger partial charge in [-0.05, 0) is 48.1 Å². The number of aromatic hydroxyl groups is 1. The molecule has 0 aliphatic carbocycles. The van der Waals surface area contributed by atoms with E-state index in [4.69, 9.17) is 9.47 Å². The number of benzene rings is 3. The van der Waals surface area contributed by atoms with Gasteiger partial charge in [-0.25, -0.2) is 9.37 Å². The van der Waals surface area contributed by atoms with E-state index in [-0.39, 0.29) is 34.7 Å². The Hall–Kier alpha value is -5.18. The van der Waals surface area contributed by atoms with Crippen LogP contribution in [-0.2, 0) is 11.3 Å². The molecule has 2 heterocycles. The minimum Gasteiger partial charge on any atom is -0.506 e. The molecule has 0 saturated heterocycles. The van der Waals surface area contributed by atoms with Crippen molar-refractivity contribution >= 4 is 17.3 Å². The Kier molecular flexibility index (Phi) is 8.94. The standard InChI is InChI=1S/C35H35FN4O4/c1-5-35(3,6-2)20-27-33(43-4)32(25-16-15-24(19-26(25)36)44-22-23-11-8-7-9-12-23)40(34(42)28-21-37-17-18-38-28)29-13-10-14-30(41)31(29)39-27/h5,7-19,21,32,39,41H,1,6,20,22H2,2-4H3. The van der Waals surface area contributed by atoms with Gasteiger partial charge < -0.3 is 19.9 Å². The molecule has 226 valence electrons. The highest BCUT2D eigenvalue weighted by molar-refractivity contribution is 6.08. The van der Waals surface area contributed by atoms with Crippen molar-refractivity contribution in [3.05, 3.63) is 132 Å². The molecule has 2 N–H and O–H groups in total. The molecule has 1 aliphatic rings. The van der Waals surface area contributed by atoms with Crippen molar-refractivity contribution in [1.82, 2.24) is 9.97 Å². The number of amides is 1. The minimum absolute atomic E-state index is 0.0402. The fraction of sp³-hybridized carbons (Fsp3) is 0.229. The number of methoxy groups -OCH3 is 1. The second-order valence-electron chi connectivity index (χ2n) is 10.9. The van der Waals surface area contributed by atoms with Gasteiger partial charge in [-0.1, -0.05) is 56.3 Å². The van der Waals surface area contributed by atoms with Gasteiger partial charge in [0.15, 0.2) is 0 Å². The smallest absolute Gasteiger partial charge is 0.279 e. The second-order valence-corrected chi connectivity index (χ2v) is 10.9. The lowest BCUT2D eigenvalue weighted by Crippen LogP contribution is -2.37. The number of anilines is 2. The maximum atomic E-state index is 16.3. The number of allylic oxidation sites excluding steroid dienone is 2. The van der Waals surface area contributed by atoms with Crippen LogP contribution in [0.15, 0.2) is 109 Å². The molecule has 0 radical (unpaired) electrons. The Bertz CT molecular complexity index is 1680. The molecular formula is C35H35FN4O4. The summed E-state index contributed by atoms with van der Waals surface area (Å²) in [5, 5.41) is 14.4. The van der Waals surface area contributed by atoms with Crippen LogP contribution >= 0.6 is 0 Å². The SMILES string of the molecule is C=CC(C)(CC)CC1=C(OC)C(c2ccc(OCc3ccccc3)cc2F)N(C(=O)c2cnccn2)c2cccc(O)c2N1. The number of carbonyl (C=O) groups excluding carboxylic acids is 1. The van der Waals surface area contributed by atoms with E-state index >= 15 is 4.39 Å². The van der Waals surface area contributed by atoms with Crippen LogP contribution < -0.4 is 15.0 Å². The lowest BCUT2D eigenvalue weighted by atomic mass is 9.82. The second kappa shape index (κ2) is 13.0. The van der Waals surface area contributed by atoms with E-state index in [1.54, 1.807) is 24.3 Å². The zero-order valence-electron chi connectivity index (χ0n) is 25.0. The maximum Gasteiger partial charge on any atom is 0.279 e. The predicted octanol–water partition coefficient (Wildman–Crippen LogP) is 7.56. The molecule has 44 heavy (non-hydrogen) atoms. The number of aromatic nitrogens is 2. The highest BCUT2D eigenvalue weighted by Crippen LogP contribution is 2.48. The Morgan fingerprint density at radius 3 is 2.61 bits per heavy atom. The van der Waals surface area contributed by atoms with Gasteiger partial charge in [0.05, 0.1) is 24.7 Å². The van der Waals surface area contributed by atoms with Crippen molar-refractivity contribution < 1.29 is 23.8 Å². The fourth-order valence-electron chi connectivity index (χ4n) is 5.20. The van der Waals surface area contributed by atoms with E-state index in [1.807, 2.05) is 43.3 Å². The number of phenols is 1. The summed E-state index contributed by atoms with van der Waals surface area (Å²) in [5.74, 6) is -0.610. The van der Waals surface area contributed by atoms with Gasteiger partial charge in [-0.2, -0.15) is 0 Å². The molecule has 0 saturated carbocycles. The summed E-state index contributed by atoms with van der Waals surface area (Å²) in [4.78, 5) is 24.0. The first-order chi connectivity index (χ1) is 21.3. The quantitative estimate of drug-likeness (QED) is 0.144. The van der Waals surface area contributed by atoms with E-state index < -0.39 is 17.8 Å². The molecule has 0 fully saturated rings. The van der Waals surface area contributed by atoms with Crippen molar-refractivity contribution in [2.75, 3.05) is 17.3 Å². The van der Waals surface area contributed by atoms with Crippen molar-refractivity contribution in [2.45, 2.75) is 39.3 Å². The van der Waals surface area contributed by atoms with Crippen LogP contribution in [0.4, 0.5) is 15.8 Å². The number of fused-ring (bicyclic) bond motifs is 1. The first-order valence-electron chi connectivity index (χ1n) is 14.3. The van der Waals surface area contributed by atoms with Crippen LogP contribution in [0.2, 0.25) is 0 Å². The van der Waals surface area contributed by atoms with Crippen LogP contribution in [0.3, 0.4) is 0 Å². The van der Waals surface area contributed by atoms with E-state index in [2.05, 4.69) is 28.8 Å². The summed E-state index contributed by atoms with van der Waals surface area (Å²) in [5.41, 5.74) is 1.94. The lowest BCUT2D eigenvalue weighted by Gasteiger charge is -2.33. The van der Waals surface area contributed by atoms with Gasteiger partial charge >= 0.3 is 0 Å². The number of ether oxygens (including phenoxy) is 2. The summed E-state index contributed by atoms with van der Waals surface area (Å²) in [6.07, 6.45) is 7.25. The number of halogens is 1. The first-order valence-corrected chi connectivity index (χ1v) is 14.3. The largest absolute Gasteiger partial charge is 0.506 e. The zero-order valence-corrected chi connectivity index (χ0v) is 25.0. The summed E-state index contributed by atoms with van der Waals surface area (Å²) >= 11 is 0. The Balaban J connectivity index is 1.70. The number of carbonyl (C=O) groups is 1. The molecule has 0 spiro atoms. The number of nitrogens with one attached hydrogen (secondary N) is 1. The molecule has 8 nitrogen and oxygen atoms in total. The molecule has 1 amide bonds. The van der Waals surface area contributed by atoms with Gasteiger partial charge in [0.2, 0.25) is 0 Å².